The minimum absolute atomic E-state index is 0.367. The molecule has 0 bridgehead atoms. The van der Waals surface area contributed by atoms with Crippen LogP contribution < -0.4 is 5.73 Å². The van der Waals surface area contributed by atoms with E-state index in [1.165, 1.54) is 6.20 Å². The number of nitrogens with two attached hydrogens (primary N) is 1. The molecule has 2 rings (SSSR count). The van der Waals surface area contributed by atoms with Crippen molar-refractivity contribution in [1.29, 1.82) is 0 Å². The van der Waals surface area contributed by atoms with Crippen LogP contribution in [0.3, 0.4) is 0 Å². The predicted octanol–water partition coefficient (Wildman–Crippen LogP) is 0.134. The molecule has 0 saturated heterocycles. The molecule has 0 amide bonds. The fourth-order valence-electron chi connectivity index (χ4n) is 1.13. The van der Waals surface area contributed by atoms with Crippen LogP contribution in [0.25, 0.3) is 11.5 Å². The number of aromatic amines is 1. The molecule has 7 nitrogen and oxygen atoms in total. The highest BCUT2D eigenvalue weighted by Crippen LogP contribution is 2.13. The molecule has 0 unspecified atom stereocenters. The van der Waals surface area contributed by atoms with Gasteiger partial charge < -0.3 is 10.3 Å². The van der Waals surface area contributed by atoms with E-state index in [1.807, 2.05) is 13.8 Å². The molecule has 0 spiro atoms. The number of aromatic nitrogens is 5. The lowest BCUT2D eigenvalue weighted by molar-refractivity contribution is 0.348. The lowest BCUT2D eigenvalue weighted by Gasteiger charge is -2.14. The summed E-state index contributed by atoms with van der Waals surface area (Å²) in [5.74, 6) is 0.920. The third kappa shape index (κ3) is 2.38. The van der Waals surface area contributed by atoms with Gasteiger partial charge in [-0.3, -0.25) is 0 Å². The van der Waals surface area contributed by atoms with E-state index in [9.17, 15) is 0 Å². The molecule has 0 aliphatic carbocycles. The van der Waals surface area contributed by atoms with Crippen LogP contribution in [0.2, 0.25) is 0 Å². The largest absolute Gasteiger partial charge is 0.339 e. The van der Waals surface area contributed by atoms with Gasteiger partial charge in [0.25, 0.3) is 0 Å². The molecule has 80 valence electrons. The van der Waals surface area contributed by atoms with Gasteiger partial charge in [-0.1, -0.05) is 5.16 Å². The second kappa shape index (κ2) is 3.43. The Morgan fingerprint density at radius 1 is 1.53 bits per heavy atom. The summed E-state index contributed by atoms with van der Waals surface area (Å²) in [4.78, 5) is 4.16. The van der Waals surface area contributed by atoms with Gasteiger partial charge in [0.1, 0.15) is 0 Å². The summed E-state index contributed by atoms with van der Waals surface area (Å²) < 4.78 is 5.04. The minimum atomic E-state index is -0.367. The van der Waals surface area contributed by atoms with Crippen molar-refractivity contribution in [3.8, 4) is 11.5 Å². The van der Waals surface area contributed by atoms with Crippen molar-refractivity contribution >= 4 is 0 Å². The Morgan fingerprint density at radius 2 is 2.33 bits per heavy atom. The van der Waals surface area contributed by atoms with E-state index in [-0.39, 0.29) is 5.54 Å². The molecule has 7 heteroatoms. The van der Waals surface area contributed by atoms with E-state index < -0.39 is 0 Å². The summed E-state index contributed by atoms with van der Waals surface area (Å²) in [5, 5.41) is 13.8. The Kier molecular flexibility index (Phi) is 2.24. The number of hydrogen-bond donors (Lipinski definition) is 2. The van der Waals surface area contributed by atoms with Crippen LogP contribution in [0.15, 0.2) is 10.7 Å². The highest BCUT2D eigenvalue weighted by Gasteiger charge is 2.18. The molecule has 2 aromatic heterocycles. The minimum Gasteiger partial charge on any atom is -0.339 e. The first-order valence-corrected chi connectivity index (χ1v) is 4.52. The van der Waals surface area contributed by atoms with E-state index >= 15 is 0 Å². The molecule has 15 heavy (non-hydrogen) atoms. The molecule has 0 aliphatic heterocycles. The van der Waals surface area contributed by atoms with Gasteiger partial charge in [-0.15, -0.1) is 0 Å². The van der Waals surface area contributed by atoms with E-state index in [4.69, 9.17) is 10.3 Å². The molecular weight excluding hydrogens is 196 g/mol. The highest BCUT2D eigenvalue weighted by atomic mass is 16.5. The number of rotatable bonds is 3. The highest BCUT2D eigenvalue weighted by molar-refractivity contribution is 5.44. The SMILES string of the molecule is CC(C)(N)Cc1nc(-c2cn[nH]n2)no1. The molecule has 2 heterocycles. The van der Waals surface area contributed by atoms with Crippen molar-refractivity contribution in [2.45, 2.75) is 25.8 Å². The Bertz CT molecular complexity index is 426. The first-order chi connectivity index (χ1) is 7.04. The summed E-state index contributed by atoms with van der Waals surface area (Å²) in [6, 6.07) is 0. The van der Waals surface area contributed by atoms with Crippen LogP contribution in [0.1, 0.15) is 19.7 Å². The maximum Gasteiger partial charge on any atom is 0.228 e. The van der Waals surface area contributed by atoms with Crippen molar-refractivity contribution in [3.05, 3.63) is 12.1 Å². The lowest BCUT2D eigenvalue weighted by Crippen LogP contribution is -2.34. The molecule has 0 aliphatic rings. The van der Waals surface area contributed by atoms with Crippen LogP contribution in [0.5, 0.6) is 0 Å². The van der Waals surface area contributed by atoms with Gasteiger partial charge in [0.15, 0.2) is 5.69 Å². The standard InChI is InChI=1S/C8H12N6O/c1-8(2,9)3-6-11-7(13-15-6)5-4-10-14-12-5/h4H,3,9H2,1-2H3,(H,10,12,14). The second-order valence-corrected chi connectivity index (χ2v) is 4.03. The van der Waals surface area contributed by atoms with Gasteiger partial charge in [-0.25, -0.2) is 0 Å². The van der Waals surface area contributed by atoms with E-state index in [2.05, 4.69) is 25.6 Å². The normalized spacial score (nSPS) is 11.9. The molecular formula is C8H12N6O. The van der Waals surface area contributed by atoms with Crippen LogP contribution >= 0.6 is 0 Å². The summed E-state index contributed by atoms with van der Waals surface area (Å²) in [5.41, 5.74) is 6.02. The van der Waals surface area contributed by atoms with E-state index in [0.717, 1.165) is 0 Å². The Labute approximate surface area is 86.1 Å². The van der Waals surface area contributed by atoms with Crippen molar-refractivity contribution < 1.29 is 4.52 Å². The number of nitrogens with zero attached hydrogens (tertiary/aromatic N) is 4. The lowest BCUT2D eigenvalue weighted by atomic mass is 10.0. The predicted molar refractivity (Wildman–Crippen MR) is 51.6 cm³/mol. The zero-order valence-corrected chi connectivity index (χ0v) is 8.56. The molecule has 2 aromatic rings. The maximum absolute atomic E-state index is 5.83. The number of H-pyrrole nitrogens is 1. The Morgan fingerprint density at radius 3 is 2.93 bits per heavy atom. The summed E-state index contributed by atoms with van der Waals surface area (Å²) in [7, 11) is 0. The van der Waals surface area contributed by atoms with Gasteiger partial charge in [-0.2, -0.15) is 20.4 Å². The zero-order valence-electron chi connectivity index (χ0n) is 8.56. The van der Waals surface area contributed by atoms with Crippen LogP contribution in [0.4, 0.5) is 0 Å². The average Bonchev–Trinajstić information content (AvgIpc) is 2.68. The van der Waals surface area contributed by atoms with Gasteiger partial charge in [0.05, 0.1) is 6.20 Å². The average molecular weight is 208 g/mol. The first-order valence-electron chi connectivity index (χ1n) is 4.52. The molecule has 3 N–H and O–H groups in total. The third-order valence-corrected chi connectivity index (χ3v) is 1.72. The Balaban J connectivity index is 2.18. The first kappa shape index (κ1) is 9.78. The van der Waals surface area contributed by atoms with Gasteiger partial charge in [0.2, 0.25) is 11.7 Å². The number of hydrogen-bond acceptors (Lipinski definition) is 6. The van der Waals surface area contributed by atoms with Gasteiger partial charge in [-0.05, 0) is 13.8 Å². The molecule has 0 fully saturated rings. The molecule has 0 radical (unpaired) electrons. The monoisotopic (exact) mass is 208 g/mol. The molecule has 0 saturated carbocycles. The topological polar surface area (TPSA) is 107 Å². The van der Waals surface area contributed by atoms with Crippen LogP contribution in [-0.2, 0) is 6.42 Å². The fourth-order valence-corrected chi connectivity index (χ4v) is 1.13. The summed E-state index contributed by atoms with van der Waals surface area (Å²) >= 11 is 0. The molecule has 0 atom stereocenters. The van der Waals surface area contributed by atoms with Crippen molar-refractivity contribution in [2.75, 3.05) is 0 Å². The van der Waals surface area contributed by atoms with Crippen LogP contribution in [0, 0.1) is 0 Å². The summed E-state index contributed by atoms with van der Waals surface area (Å²) in [6.45, 7) is 3.79. The fraction of sp³-hybridized carbons (Fsp3) is 0.500. The van der Waals surface area contributed by atoms with Crippen molar-refractivity contribution in [3.63, 3.8) is 0 Å². The third-order valence-electron chi connectivity index (χ3n) is 1.72. The zero-order chi connectivity index (χ0) is 10.9. The maximum atomic E-state index is 5.83. The molecule has 0 aromatic carbocycles. The van der Waals surface area contributed by atoms with Gasteiger partial charge in [0, 0.05) is 12.0 Å². The summed E-state index contributed by atoms with van der Waals surface area (Å²) in [6.07, 6.45) is 2.06. The second-order valence-electron chi connectivity index (χ2n) is 4.03. The van der Waals surface area contributed by atoms with Crippen molar-refractivity contribution in [1.82, 2.24) is 25.6 Å². The van der Waals surface area contributed by atoms with Crippen LogP contribution in [-0.4, -0.2) is 31.1 Å². The van der Waals surface area contributed by atoms with E-state index in [0.29, 0.717) is 23.8 Å². The van der Waals surface area contributed by atoms with Crippen molar-refractivity contribution in [2.24, 2.45) is 5.73 Å². The Hall–Kier alpha value is -1.76. The van der Waals surface area contributed by atoms with Gasteiger partial charge >= 0.3 is 0 Å². The van der Waals surface area contributed by atoms with E-state index in [1.54, 1.807) is 0 Å². The smallest absolute Gasteiger partial charge is 0.228 e. The number of nitrogens with one attached hydrogen (secondary N) is 1. The quantitative estimate of drug-likeness (QED) is 0.742.